The van der Waals surface area contributed by atoms with Gasteiger partial charge in [-0.1, -0.05) is 6.42 Å². The van der Waals surface area contributed by atoms with E-state index in [-0.39, 0.29) is 0 Å². The predicted molar refractivity (Wildman–Crippen MR) is 125 cm³/mol. The first kappa shape index (κ1) is 19.9. The van der Waals surface area contributed by atoms with Crippen molar-refractivity contribution in [2.75, 3.05) is 13.1 Å². The van der Waals surface area contributed by atoms with Crippen LogP contribution in [0, 0.1) is 21.0 Å². The fraction of sp³-hybridized carbons (Fsp3) is 0.350. The molecule has 2 aromatic carbocycles. The largest absolute Gasteiger partial charge is 0.457 e. The molecule has 1 fully saturated rings. The third-order valence-corrected chi connectivity index (χ3v) is 7.28. The van der Waals surface area contributed by atoms with Gasteiger partial charge in [0, 0.05) is 20.2 Å². The summed E-state index contributed by atoms with van der Waals surface area (Å²) in [5.74, 6) is 1.74. The van der Waals surface area contributed by atoms with Gasteiger partial charge in [-0.2, -0.15) is 0 Å². The molecule has 0 aliphatic carbocycles. The van der Waals surface area contributed by atoms with Crippen molar-refractivity contribution in [3.05, 3.63) is 48.6 Å². The van der Waals surface area contributed by atoms with Crippen LogP contribution in [0.15, 0.2) is 35.3 Å². The number of rotatable bonds is 5. The van der Waals surface area contributed by atoms with Crippen LogP contribution in [0.5, 0.6) is 11.5 Å². The lowest BCUT2D eigenvalue weighted by Crippen LogP contribution is -2.40. The highest BCUT2D eigenvalue weighted by atomic mass is 127. The van der Waals surface area contributed by atoms with Gasteiger partial charge in [0.15, 0.2) is 0 Å². The number of aryl methyl sites for hydroxylation is 2. The molecule has 1 aliphatic heterocycles. The second kappa shape index (κ2) is 9.36. The van der Waals surface area contributed by atoms with Crippen LogP contribution >= 0.6 is 45.2 Å². The summed E-state index contributed by atoms with van der Waals surface area (Å²) in [4.78, 5) is 4.60. The molecule has 1 heterocycles. The van der Waals surface area contributed by atoms with Crippen LogP contribution in [0.25, 0.3) is 0 Å². The number of ether oxygens (including phenoxy) is 1. The summed E-state index contributed by atoms with van der Waals surface area (Å²) in [6.45, 7) is 6.30. The van der Waals surface area contributed by atoms with E-state index < -0.39 is 0 Å². The predicted octanol–water partition coefficient (Wildman–Crippen LogP) is 5.96. The second-order valence-corrected chi connectivity index (χ2v) is 8.84. The van der Waals surface area contributed by atoms with Gasteiger partial charge in [0.2, 0.25) is 0 Å². The zero-order chi connectivity index (χ0) is 18.5. The summed E-state index contributed by atoms with van der Waals surface area (Å²) in [7, 11) is 0. The van der Waals surface area contributed by atoms with E-state index in [0.29, 0.717) is 0 Å². The Hall–Kier alpha value is -0.870. The van der Waals surface area contributed by atoms with Crippen LogP contribution in [-0.2, 0) is 0 Å². The van der Waals surface area contributed by atoms with Crippen molar-refractivity contribution in [3.63, 3.8) is 0 Å². The standard InChI is InChI=1S/C20H23I2N3O/c1-14-11-20(26-16-6-7-17(21)18(22)12-16)15(2)10-19(14)23-13-24-25-8-4-3-5-9-25/h6-7,10-13H,3-5,8-9H2,1-2H3,(H,23,24). The molecule has 1 aliphatic rings. The minimum Gasteiger partial charge on any atom is -0.457 e. The van der Waals surface area contributed by atoms with Gasteiger partial charge in [0.1, 0.15) is 17.8 Å². The lowest BCUT2D eigenvalue weighted by Gasteiger charge is -2.25. The van der Waals surface area contributed by atoms with E-state index >= 15 is 0 Å². The number of aliphatic imine (C=N–C) groups is 1. The summed E-state index contributed by atoms with van der Waals surface area (Å²) < 4.78 is 8.52. The Morgan fingerprint density at radius 1 is 1.00 bits per heavy atom. The number of benzene rings is 2. The molecule has 4 nitrogen and oxygen atoms in total. The Labute approximate surface area is 182 Å². The summed E-state index contributed by atoms with van der Waals surface area (Å²) in [5, 5.41) is 2.23. The number of halogens is 2. The van der Waals surface area contributed by atoms with Gasteiger partial charge in [-0.15, -0.1) is 0 Å². The minimum absolute atomic E-state index is 0.861. The third kappa shape index (κ3) is 5.32. The Balaban J connectivity index is 1.69. The third-order valence-electron chi connectivity index (χ3n) is 4.41. The van der Waals surface area contributed by atoms with Gasteiger partial charge in [0.25, 0.3) is 0 Å². The maximum atomic E-state index is 6.10. The van der Waals surface area contributed by atoms with Crippen molar-refractivity contribution in [2.45, 2.75) is 33.1 Å². The molecule has 0 spiro atoms. The highest BCUT2D eigenvalue weighted by molar-refractivity contribution is 14.1. The van der Waals surface area contributed by atoms with Crippen LogP contribution in [0.2, 0.25) is 0 Å². The molecule has 0 radical (unpaired) electrons. The second-order valence-electron chi connectivity index (χ2n) is 6.52. The molecule has 1 N–H and O–H groups in total. The van der Waals surface area contributed by atoms with E-state index in [2.05, 4.69) is 98.7 Å². The number of hydrazine groups is 1. The van der Waals surface area contributed by atoms with Gasteiger partial charge in [-0.25, -0.2) is 10.0 Å². The number of hydrogen-bond donors (Lipinski definition) is 1. The number of piperidine rings is 1. The van der Waals surface area contributed by atoms with Crippen molar-refractivity contribution < 1.29 is 4.74 Å². The van der Waals surface area contributed by atoms with Crippen LogP contribution in [0.3, 0.4) is 0 Å². The van der Waals surface area contributed by atoms with Crippen molar-refractivity contribution in [1.29, 1.82) is 0 Å². The Kier molecular flexibility index (Phi) is 7.16. The van der Waals surface area contributed by atoms with E-state index in [0.717, 1.165) is 41.4 Å². The zero-order valence-electron chi connectivity index (χ0n) is 15.1. The smallest absolute Gasteiger partial charge is 0.130 e. The Morgan fingerprint density at radius 2 is 1.77 bits per heavy atom. The summed E-state index contributed by atoms with van der Waals surface area (Å²) in [5.41, 5.74) is 6.44. The van der Waals surface area contributed by atoms with Gasteiger partial charge in [-0.05, 0) is 113 Å². The fourth-order valence-corrected chi connectivity index (χ4v) is 3.72. The highest BCUT2D eigenvalue weighted by Crippen LogP contribution is 2.32. The van der Waals surface area contributed by atoms with E-state index in [1.165, 1.54) is 26.4 Å². The molecule has 6 heteroatoms. The lowest BCUT2D eigenvalue weighted by molar-refractivity contribution is 0.197. The molecule has 0 saturated carbocycles. The molecule has 2 aromatic rings. The molecule has 3 rings (SSSR count). The van der Waals surface area contributed by atoms with Crippen molar-refractivity contribution >= 4 is 57.2 Å². The van der Waals surface area contributed by atoms with Gasteiger partial charge < -0.3 is 10.2 Å². The van der Waals surface area contributed by atoms with Crippen molar-refractivity contribution in [3.8, 4) is 11.5 Å². The van der Waals surface area contributed by atoms with E-state index in [1.54, 1.807) is 6.34 Å². The first-order chi connectivity index (χ1) is 12.5. The number of hydrogen-bond acceptors (Lipinski definition) is 3. The van der Waals surface area contributed by atoms with Crippen LogP contribution in [0.4, 0.5) is 5.69 Å². The number of nitrogens with one attached hydrogen (secondary N) is 1. The average Bonchev–Trinajstić information content (AvgIpc) is 2.63. The lowest BCUT2D eigenvalue weighted by atomic mass is 10.1. The summed E-state index contributed by atoms with van der Waals surface area (Å²) >= 11 is 4.66. The molecule has 26 heavy (non-hydrogen) atoms. The minimum atomic E-state index is 0.861. The Morgan fingerprint density at radius 3 is 2.50 bits per heavy atom. The van der Waals surface area contributed by atoms with Crippen LogP contribution < -0.4 is 10.2 Å². The zero-order valence-corrected chi connectivity index (χ0v) is 19.4. The normalized spacial score (nSPS) is 15.4. The molecule has 0 bridgehead atoms. The molecule has 0 atom stereocenters. The highest BCUT2D eigenvalue weighted by Gasteiger charge is 2.09. The van der Waals surface area contributed by atoms with Crippen molar-refractivity contribution in [1.82, 2.24) is 10.4 Å². The topological polar surface area (TPSA) is 36.9 Å². The van der Waals surface area contributed by atoms with Crippen LogP contribution in [0.1, 0.15) is 30.4 Å². The summed E-state index contributed by atoms with van der Waals surface area (Å²) in [6.07, 6.45) is 5.63. The average molecular weight is 575 g/mol. The maximum absolute atomic E-state index is 6.10. The molecule has 0 amide bonds. The van der Waals surface area contributed by atoms with Crippen molar-refractivity contribution in [2.24, 2.45) is 4.99 Å². The molecular formula is C20H23I2N3O. The quantitative estimate of drug-likeness (QED) is 0.272. The molecule has 0 unspecified atom stereocenters. The number of nitrogens with zero attached hydrogens (tertiary/aromatic N) is 2. The van der Waals surface area contributed by atoms with Gasteiger partial charge in [0.05, 0.1) is 5.69 Å². The first-order valence-corrected chi connectivity index (χ1v) is 11.0. The Bertz CT molecular complexity index is 802. The molecule has 0 aromatic heterocycles. The molecular weight excluding hydrogens is 552 g/mol. The maximum Gasteiger partial charge on any atom is 0.130 e. The SMILES string of the molecule is Cc1cc(Oc2ccc(I)c(I)c2)c(C)cc1N=CNN1CCCCC1. The summed E-state index contributed by atoms with van der Waals surface area (Å²) in [6, 6.07) is 10.3. The van der Waals surface area contributed by atoms with Gasteiger partial charge in [-0.3, -0.25) is 0 Å². The monoisotopic (exact) mass is 575 g/mol. The first-order valence-electron chi connectivity index (χ1n) is 8.81. The van der Waals surface area contributed by atoms with E-state index in [4.69, 9.17) is 4.74 Å². The molecule has 1 saturated heterocycles. The van der Waals surface area contributed by atoms with E-state index in [9.17, 15) is 0 Å². The molecule has 138 valence electrons. The van der Waals surface area contributed by atoms with E-state index in [1.807, 2.05) is 6.07 Å². The fourth-order valence-electron chi connectivity index (χ4n) is 2.89. The van der Waals surface area contributed by atoms with Gasteiger partial charge >= 0.3 is 0 Å². The van der Waals surface area contributed by atoms with Crippen LogP contribution in [-0.4, -0.2) is 24.4 Å².